The number of nitrogens with one attached hydrogen (secondary N) is 2. The molecule has 2 heterocycles. The van der Waals surface area contributed by atoms with Gasteiger partial charge in [0.1, 0.15) is 6.04 Å². The third-order valence-electron chi connectivity index (χ3n) is 4.49. The maximum atomic E-state index is 12.2. The van der Waals surface area contributed by atoms with Crippen molar-refractivity contribution in [2.45, 2.75) is 19.0 Å². The van der Waals surface area contributed by atoms with E-state index >= 15 is 0 Å². The second kappa shape index (κ2) is 11.0. The summed E-state index contributed by atoms with van der Waals surface area (Å²) in [4.78, 5) is 14.6. The third-order valence-corrected chi connectivity index (χ3v) is 4.49. The molecule has 0 aromatic heterocycles. The molecule has 0 bridgehead atoms. The highest BCUT2D eigenvalue weighted by atomic mass is 35.5. The minimum atomic E-state index is -0.268. The number of carbonyl (C=O) groups excluding carboxylic acids is 1. The van der Waals surface area contributed by atoms with Gasteiger partial charge in [-0.2, -0.15) is 0 Å². The summed E-state index contributed by atoms with van der Waals surface area (Å²) in [6, 6.07) is 8.19. The Hall–Kier alpha value is -0.890. The number of morpholine rings is 2. The van der Waals surface area contributed by atoms with Crippen LogP contribution in [0.2, 0.25) is 0 Å². The van der Waals surface area contributed by atoms with E-state index in [1.807, 2.05) is 12.1 Å². The van der Waals surface area contributed by atoms with Gasteiger partial charge in [0.05, 0.1) is 26.4 Å². The van der Waals surface area contributed by atoms with E-state index in [2.05, 4.69) is 34.6 Å². The predicted octanol–water partition coefficient (Wildman–Crippen LogP) is 1.85. The lowest BCUT2D eigenvalue weighted by Crippen LogP contribution is -2.48. The highest BCUT2D eigenvalue weighted by Crippen LogP contribution is 2.22. The van der Waals surface area contributed by atoms with Crippen LogP contribution in [-0.2, 0) is 14.3 Å². The average Bonchev–Trinajstić information content (AvgIpc) is 2.63. The molecule has 0 aliphatic carbocycles. The number of rotatable bonds is 4. The van der Waals surface area contributed by atoms with Crippen LogP contribution in [0.1, 0.15) is 18.5 Å². The average molecular weight is 392 g/mol. The minimum absolute atomic E-state index is 0. The summed E-state index contributed by atoms with van der Waals surface area (Å²) in [5, 5.41) is 6.10. The predicted molar refractivity (Wildman–Crippen MR) is 103 cm³/mol. The monoisotopic (exact) mass is 391 g/mol. The Kier molecular flexibility index (Phi) is 9.71. The van der Waals surface area contributed by atoms with Crippen LogP contribution in [0.5, 0.6) is 0 Å². The van der Waals surface area contributed by atoms with Crippen LogP contribution in [0.25, 0.3) is 0 Å². The molecule has 2 atom stereocenters. The number of anilines is 1. The fraction of sp³-hybridized carbons (Fsp3) is 0.588. The summed E-state index contributed by atoms with van der Waals surface area (Å²) >= 11 is 0. The molecule has 0 spiro atoms. The zero-order valence-corrected chi connectivity index (χ0v) is 16.0. The molecule has 2 aliphatic heterocycles. The van der Waals surface area contributed by atoms with Crippen molar-refractivity contribution in [2.24, 2.45) is 0 Å². The minimum Gasteiger partial charge on any atom is -0.379 e. The highest BCUT2D eigenvalue weighted by Gasteiger charge is 2.21. The Morgan fingerprint density at radius 3 is 2.44 bits per heavy atom. The van der Waals surface area contributed by atoms with Crippen molar-refractivity contribution in [1.29, 1.82) is 0 Å². The van der Waals surface area contributed by atoms with Crippen LogP contribution in [0.15, 0.2) is 24.3 Å². The van der Waals surface area contributed by atoms with Gasteiger partial charge in [0.2, 0.25) is 5.91 Å². The van der Waals surface area contributed by atoms with E-state index in [0.29, 0.717) is 25.8 Å². The van der Waals surface area contributed by atoms with Gasteiger partial charge < -0.3 is 20.1 Å². The molecular weight excluding hydrogens is 365 g/mol. The van der Waals surface area contributed by atoms with Gasteiger partial charge in [0, 0.05) is 31.4 Å². The van der Waals surface area contributed by atoms with E-state index in [1.54, 1.807) is 0 Å². The molecule has 1 aromatic carbocycles. The molecule has 6 nitrogen and oxygen atoms in total. The molecule has 2 fully saturated rings. The number of nitrogens with zero attached hydrogens (tertiary/aromatic N) is 1. The van der Waals surface area contributed by atoms with E-state index in [4.69, 9.17) is 9.47 Å². The second-order valence-electron chi connectivity index (χ2n) is 6.02. The van der Waals surface area contributed by atoms with Crippen LogP contribution < -0.4 is 10.6 Å². The Morgan fingerprint density at radius 2 is 1.84 bits per heavy atom. The molecule has 2 unspecified atom stereocenters. The van der Waals surface area contributed by atoms with Gasteiger partial charge in [0.15, 0.2) is 0 Å². The summed E-state index contributed by atoms with van der Waals surface area (Å²) < 4.78 is 10.7. The van der Waals surface area contributed by atoms with Gasteiger partial charge >= 0.3 is 0 Å². The molecule has 2 N–H and O–H groups in total. The van der Waals surface area contributed by atoms with Crippen molar-refractivity contribution in [3.63, 3.8) is 0 Å². The van der Waals surface area contributed by atoms with E-state index in [0.717, 1.165) is 32.0 Å². The summed E-state index contributed by atoms with van der Waals surface area (Å²) in [6.45, 7) is 7.55. The molecule has 142 valence electrons. The first-order chi connectivity index (χ1) is 11.2. The first-order valence-corrected chi connectivity index (χ1v) is 8.28. The lowest BCUT2D eigenvalue weighted by Gasteiger charge is -2.32. The zero-order valence-electron chi connectivity index (χ0n) is 14.4. The standard InChI is InChI=1S/C17H25N3O3.2ClH/c1-13(20-7-10-22-11-8-20)14-2-4-15(5-3-14)19-17(21)16-12-23-9-6-18-16;;/h2-5,13,16,18H,6-12H2,1H3,(H,19,21);2*1H. The smallest absolute Gasteiger partial charge is 0.243 e. The Bertz CT molecular complexity index is 518. The quantitative estimate of drug-likeness (QED) is 0.819. The van der Waals surface area contributed by atoms with Gasteiger partial charge in [0.25, 0.3) is 0 Å². The number of benzene rings is 1. The van der Waals surface area contributed by atoms with E-state index < -0.39 is 0 Å². The van der Waals surface area contributed by atoms with Gasteiger partial charge in [-0.25, -0.2) is 0 Å². The normalized spacial score (nSPS) is 22.2. The van der Waals surface area contributed by atoms with Crippen molar-refractivity contribution in [3.05, 3.63) is 29.8 Å². The van der Waals surface area contributed by atoms with E-state index in [-0.39, 0.29) is 36.8 Å². The number of hydrogen-bond acceptors (Lipinski definition) is 5. The molecule has 25 heavy (non-hydrogen) atoms. The second-order valence-corrected chi connectivity index (χ2v) is 6.02. The van der Waals surface area contributed by atoms with Crippen molar-refractivity contribution in [3.8, 4) is 0 Å². The number of hydrogen-bond donors (Lipinski definition) is 2. The van der Waals surface area contributed by atoms with Crippen molar-refractivity contribution < 1.29 is 14.3 Å². The van der Waals surface area contributed by atoms with Crippen molar-refractivity contribution >= 4 is 36.4 Å². The van der Waals surface area contributed by atoms with Crippen LogP contribution >= 0.6 is 24.8 Å². The largest absolute Gasteiger partial charge is 0.379 e. The van der Waals surface area contributed by atoms with Gasteiger partial charge in [-0.1, -0.05) is 12.1 Å². The van der Waals surface area contributed by atoms with Crippen LogP contribution in [0.3, 0.4) is 0 Å². The lowest BCUT2D eigenvalue weighted by molar-refractivity contribution is -0.120. The maximum Gasteiger partial charge on any atom is 0.243 e. The van der Waals surface area contributed by atoms with Crippen molar-refractivity contribution in [2.75, 3.05) is 51.4 Å². The fourth-order valence-corrected chi connectivity index (χ4v) is 2.98. The molecule has 8 heteroatoms. The third kappa shape index (κ3) is 6.09. The van der Waals surface area contributed by atoms with E-state index in [9.17, 15) is 4.79 Å². The van der Waals surface area contributed by atoms with Crippen LogP contribution in [0.4, 0.5) is 5.69 Å². The number of ether oxygens (including phenoxy) is 2. The molecule has 0 radical (unpaired) electrons. The first-order valence-electron chi connectivity index (χ1n) is 8.28. The lowest BCUT2D eigenvalue weighted by atomic mass is 10.1. The molecule has 1 amide bonds. The number of amides is 1. The number of halogens is 2. The van der Waals surface area contributed by atoms with Crippen LogP contribution in [0, 0.1) is 0 Å². The highest BCUT2D eigenvalue weighted by molar-refractivity contribution is 5.95. The summed E-state index contributed by atoms with van der Waals surface area (Å²) in [7, 11) is 0. The van der Waals surface area contributed by atoms with Gasteiger partial charge in [-0.15, -0.1) is 24.8 Å². The van der Waals surface area contributed by atoms with Crippen molar-refractivity contribution in [1.82, 2.24) is 10.2 Å². The summed E-state index contributed by atoms with van der Waals surface area (Å²) in [6.07, 6.45) is 0. The first kappa shape index (κ1) is 22.2. The molecule has 3 rings (SSSR count). The Labute approximate surface area is 161 Å². The molecular formula is C17H27Cl2N3O3. The molecule has 0 saturated carbocycles. The zero-order chi connectivity index (χ0) is 16.1. The Balaban J connectivity index is 0.00000156. The SMILES string of the molecule is CC(c1ccc(NC(=O)C2COCCN2)cc1)N1CCOCC1.Cl.Cl. The molecule has 1 aromatic rings. The molecule has 2 saturated heterocycles. The summed E-state index contributed by atoms with van der Waals surface area (Å²) in [5.74, 6) is -0.0429. The van der Waals surface area contributed by atoms with E-state index in [1.165, 1.54) is 5.56 Å². The van der Waals surface area contributed by atoms with Crippen LogP contribution in [-0.4, -0.2) is 62.9 Å². The van der Waals surface area contributed by atoms with Gasteiger partial charge in [-0.05, 0) is 24.6 Å². The number of carbonyl (C=O) groups is 1. The summed E-state index contributed by atoms with van der Waals surface area (Å²) in [5.41, 5.74) is 2.07. The Morgan fingerprint density at radius 1 is 1.16 bits per heavy atom. The topological polar surface area (TPSA) is 62.8 Å². The molecule has 2 aliphatic rings. The van der Waals surface area contributed by atoms with Gasteiger partial charge in [-0.3, -0.25) is 9.69 Å². The maximum absolute atomic E-state index is 12.2. The fourth-order valence-electron chi connectivity index (χ4n) is 2.98.